The molecule has 3 rings (SSSR count). The molecule has 0 radical (unpaired) electrons. The molecule has 1 nitrogen and oxygen atoms in total. The average molecular weight is 415 g/mol. The Balaban J connectivity index is 1.60. The molecule has 0 aromatic heterocycles. The summed E-state index contributed by atoms with van der Waals surface area (Å²) in [6.45, 7) is 4.32. The molecule has 4 heteroatoms. The van der Waals surface area contributed by atoms with E-state index in [4.69, 9.17) is 4.74 Å². The Morgan fingerprint density at radius 2 is 1.73 bits per heavy atom. The maximum Gasteiger partial charge on any atom is 0.200 e. The van der Waals surface area contributed by atoms with Crippen molar-refractivity contribution in [3.05, 3.63) is 64.5 Å². The van der Waals surface area contributed by atoms with E-state index >= 15 is 0 Å². The van der Waals surface area contributed by atoms with Crippen molar-refractivity contribution in [3.8, 4) is 17.6 Å². The highest BCUT2D eigenvalue weighted by molar-refractivity contribution is 5.38. The Morgan fingerprint density at radius 3 is 2.43 bits per heavy atom. The van der Waals surface area contributed by atoms with E-state index in [1.807, 2.05) is 13.0 Å². The van der Waals surface area contributed by atoms with Crippen molar-refractivity contribution >= 4 is 0 Å². The molecule has 160 valence electrons. The number of benzene rings is 2. The predicted octanol–water partition coefficient (Wildman–Crippen LogP) is 7.31. The number of aryl methyl sites for hydroxylation is 1. The van der Waals surface area contributed by atoms with E-state index in [-0.39, 0.29) is 23.4 Å². The van der Waals surface area contributed by atoms with Gasteiger partial charge in [-0.3, -0.25) is 0 Å². The molecule has 0 atom stereocenters. The van der Waals surface area contributed by atoms with Crippen LogP contribution in [0.15, 0.2) is 30.3 Å². The number of ether oxygens (including phenoxy) is 1. The Bertz CT molecular complexity index is 918. The van der Waals surface area contributed by atoms with Crippen LogP contribution in [0, 0.1) is 42.1 Å². The van der Waals surface area contributed by atoms with Crippen LogP contribution in [-0.4, -0.2) is 6.61 Å². The highest BCUT2D eigenvalue weighted by Crippen LogP contribution is 2.38. The lowest BCUT2D eigenvalue weighted by Crippen LogP contribution is -2.14. The van der Waals surface area contributed by atoms with Gasteiger partial charge in [0.25, 0.3) is 0 Å². The van der Waals surface area contributed by atoms with Crippen molar-refractivity contribution in [3.63, 3.8) is 0 Å². The monoisotopic (exact) mass is 414 g/mol. The van der Waals surface area contributed by atoms with Gasteiger partial charge in [0, 0.05) is 5.92 Å². The first-order valence-corrected chi connectivity index (χ1v) is 10.9. The van der Waals surface area contributed by atoms with Crippen LogP contribution < -0.4 is 4.74 Å². The standard InChI is InChI=1S/C26H29F3O/c1-3-4-5-16-30-24-15-14-22(25(28)26(24)29)20-11-7-19(8-12-20)9-13-21-10-6-18(2)17-23(21)27/h6,10,14-15,17,19-20H,3-5,7-8,11-12,16H2,1-2H3. The summed E-state index contributed by atoms with van der Waals surface area (Å²) in [6.07, 6.45) is 5.95. The Labute approximate surface area is 177 Å². The molecule has 1 aliphatic carbocycles. The minimum absolute atomic E-state index is 0.00738. The zero-order valence-electron chi connectivity index (χ0n) is 17.7. The molecule has 0 N–H and O–H groups in total. The van der Waals surface area contributed by atoms with Gasteiger partial charge in [-0.05, 0) is 74.3 Å². The lowest BCUT2D eigenvalue weighted by atomic mass is 9.78. The van der Waals surface area contributed by atoms with Gasteiger partial charge in [0.15, 0.2) is 11.6 Å². The van der Waals surface area contributed by atoms with Gasteiger partial charge in [-0.15, -0.1) is 0 Å². The average Bonchev–Trinajstić information content (AvgIpc) is 2.74. The predicted molar refractivity (Wildman–Crippen MR) is 114 cm³/mol. The summed E-state index contributed by atoms with van der Waals surface area (Å²) in [6, 6.07) is 8.24. The van der Waals surface area contributed by atoms with E-state index in [1.54, 1.807) is 18.2 Å². The molecule has 0 aliphatic heterocycles. The smallest absolute Gasteiger partial charge is 0.200 e. The highest BCUT2D eigenvalue weighted by atomic mass is 19.2. The summed E-state index contributed by atoms with van der Waals surface area (Å²) in [5.74, 6) is 4.24. The first-order valence-electron chi connectivity index (χ1n) is 10.9. The third-order valence-corrected chi connectivity index (χ3v) is 5.78. The molecule has 30 heavy (non-hydrogen) atoms. The summed E-state index contributed by atoms with van der Waals surface area (Å²) < 4.78 is 48.4. The minimum Gasteiger partial charge on any atom is -0.490 e. The van der Waals surface area contributed by atoms with Crippen molar-refractivity contribution in [1.82, 2.24) is 0 Å². The molecule has 1 aliphatic rings. The fraction of sp³-hybridized carbons (Fsp3) is 0.462. The van der Waals surface area contributed by atoms with E-state index < -0.39 is 11.6 Å². The Morgan fingerprint density at radius 1 is 0.967 bits per heavy atom. The van der Waals surface area contributed by atoms with Gasteiger partial charge in [0.05, 0.1) is 12.2 Å². The van der Waals surface area contributed by atoms with Crippen LogP contribution in [0.2, 0.25) is 0 Å². The van der Waals surface area contributed by atoms with E-state index in [2.05, 4.69) is 18.8 Å². The zero-order chi connectivity index (χ0) is 21.5. The largest absolute Gasteiger partial charge is 0.490 e. The molecule has 0 amide bonds. The fourth-order valence-electron chi connectivity index (χ4n) is 3.96. The second-order valence-electron chi connectivity index (χ2n) is 8.14. The van der Waals surface area contributed by atoms with Crippen LogP contribution in [-0.2, 0) is 0 Å². The van der Waals surface area contributed by atoms with Crippen molar-refractivity contribution < 1.29 is 17.9 Å². The van der Waals surface area contributed by atoms with Crippen LogP contribution >= 0.6 is 0 Å². The topological polar surface area (TPSA) is 9.23 Å². The van der Waals surface area contributed by atoms with Crippen molar-refractivity contribution in [2.75, 3.05) is 6.61 Å². The van der Waals surface area contributed by atoms with Gasteiger partial charge >= 0.3 is 0 Å². The van der Waals surface area contributed by atoms with Gasteiger partial charge in [-0.2, -0.15) is 4.39 Å². The molecule has 0 spiro atoms. The van der Waals surface area contributed by atoms with E-state index in [0.717, 1.165) is 50.5 Å². The summed E-state index contributed by atoms with van der Waals surface area (Å²) in [7, 11) is 0. The number of rotatable bonds is 6. The summed E-state index contributed by atoms with van der Waals surface area (Å²) >= 11 is 0. The van der Waals surface area contributed by atoms with Crippen molar-refractivity contribution in [2.45, 2.75) is 64.7 Å². The van der Waals surface area contributed by atoms with Crippen molar-refractivity contribution in [1.29, 1.82) is 0 Å². The first-order chi connectivity index (χ1) is 14.5. The second kappa shape index (κ2) is 10.6. The minimum atomic E-state index is -0.888. The zero-order valence-corrected chi connectivity index (χ0v) is 17.7. The van der Waals surface area contributed by atoms with E-state index in [9.17, 15) is 13.2 Å². The number of hydrogen-bond acceptors (Lipinski definition) is 1. The summed E-state index contributed by atoms with van der Waals surface area (Å²) in [5.41, 5.74) is 1.69. The fourth-order valence-corrected chi connectivity index (χ4v) is 3.96. The maximum atomic E-state index is 14.6. The van der Waals surface area contributed by atoms with Crippen LogP contribution in [0.3, 0.4) is 0 Å². The number of halogens is 3. The van der Waals surface area contributed by atoms with Gasteiger partial charge in [0.1, 0.15) is 5.82 Å². The van der Waals surface area contributed by atoms with Crippen LogP contribution in [0.1, 0.15) is 74.5 Å². The van der Waals surface area contributed by atoms with Gasteiger partial charge in [0.2, 0.25) is 5.82 Å². The van der Waals surface area contributed by atoms with E-state index in [0.29, 0.717) is 17.7 Å². The summed E-state index contributed by atoms with van der Waals surface area (Å²) in [4.78, 5) is 0. The molecule has 0 heterocycles. The Kier molecular flexibility index (Phi) is 7.85. The maximum absolute atomic E-state index is 14.6. The van der Waals surface area contributed by atoms with Gasteiger partial charge < -0.3 is 4.74 Å². The molecule has 2 aromatic carbocycles. The quantitative estimate of drug-likeness (QED) is 0.356. The molecule has 2 aromatic rings. The molecule has 1 fully saturated rings. The molecule has 0 bridgehead atoms. The summed E-state index contributed by atoms with van der Waals surface area (Å²) in [5, 5.41) is 0. The molecular formula is C26H29F3O. The third-order valence-electron chi connectivity index (χ3n) is 5.78. The van der Waals surface area contributed by atoms with Gasteiger partial charge in [-0.25, -0.2) is 8.78 Å². The lowest BCUT2D eigenvalue weighted by Gasteiger charge is -2.26. The normalized spacial score (nSPS) is 18.6. The van der Waals surface area contributed by atoms with E-state index in [1.165, 1.54) is 6.07 Å². The first kappa shape index (κ1) is 22.3. The van der Waals surface area contributed by atoms with Crippen molar-refractivity contribution in [2.24, 2.45) is 5.92 Å². The molecule has 0 saturated heterocycles. The van der Waals surface area contributed by atoms with Crippen LogP contribution in [0.5, 0.6) is 5.75 Å². The highest BCUT2D eigenvalue weighted by Gasteiger charge is 2.26. The molecule has 0 unspecified atom stereocenters. The lowest BCUT2D eigenvalue weighted by molar-refractivity contribution is 0.284. The SMILES string of the molecule is CCCCCOc1ccc(C2CCC(C#Cc3ccc(C)cc3F)CC2)c(F)c1F. The Hall–Kier alpha value is -2.41. The number of hydrogen-bond donors (Lipinski definition) is 0. The second-order valence-corrected chi connectivity index (χ2v) is 8.14. The van der Waals surface area contributed by atoms with Crippen LogP contribution in [0.25, 0.3) is 0 Å². The number of unbranched alkanes of at least 4 members (excludes halogenated alkanes) is 2. The third kappa shape index (κ3) is 5.59. The van der Waals surface area contributed by atoms with Gasteiger partial charge in [-0.1, -0.05) is 43.7 Å². The molecular weight excluding hydrogens is 385 g/mol. The van der Waals surface area contributed by atoms with Crippen LogP contribution in [0.4, 0.5) is 13.2 Å². The molecule has 1 saturated carbocycles.